The van der Waals surface area contributed by atoms with Crippen molar-refractivity contribution in [1.82, 2.24) is 10.0 Å². The Morgan fingerprint density at radius 2 is 1.59 bits per heavy atom. The molecule has 0 aliphatic carbocycles. The molecule has 9 heteroatoms. The van der Waals surface area contributed by atoms with Crippen molar-refractivity contribution in [3.8, 4) is 11.5 Å². The summed E-state index contributed by atoms with van der Waals surface area (Å²) in [4.78, 5) is 12.7. The van der Waals surface area contributed by atoms with Gasteiger partial charge in [-0.1, -0.05) is 48.5 Å². The molecule has 1 amide bonds. The maximum absolute atomic E-state index is 14.2. The van der Waals surface area contributed by atoms with Crippen molar-refractivity contribution >= 4 is 15.9 Å². The summed E-state index contributed by atoms with van der Waals surface area (Å²) in [6.45, 7) is 1.77. The third-order valence-electron chi connectivity index (χ3n) is 5.29. The molecule has 7 nitrogen and oxygen atoms in total. The van der Waals surface area contributed by atoms with Crippen LogP contribution in [0.5, 0.6) is 11.5 Å². The van der Waals surface area contributed by atoms with E-state index in [9.17, 15) is 17.6 Å². The summed E-state index contributed by atoms with van der Waals surface area (Å²) in [5, 5.41) is 2.84. The number of carbonyl (C=O) groups excluding carboxylic acids is 1. The van der Waals surface area contributed by atoms with Gasteiger partial charge in [0.15, 0.2) is 11.5 Å². The van der Waals surface area contributed by atoms with Gasteiger partial charge >= 0.3 is 0 Å². The van der Waals surface area contributed by atoms with Crippen LogP contribution in [0, 0.1) is 5.82 Å². The maximum atomic E-state index is 14.2. The summed E-state index contributed by atoms with van der Waals surface area (Å²) >= 11 is 0. The van der Waals surface area contributed by atoms with E-state index < -0.39 is 38.7 Å². The lowest BCUT2D eigenvalue weighted by atomic mass is 10.0. The molecule has 0 saturated heterocycles. The topological polar surface area (TPSA) is 93.7 Å². The van der Waals surface area contributed by atoms with Crippen molar-refractivity contribution in [3.63, 3.8) is 0 Å². The zero-order chi connectivity index (χ0) is 24.7. The lowest BCUT2D eigenvalue weighted by molar-refractivity contribution is -0.123. The maximum Gasteiger partial charge on any atom is 0.244 e. The van der Waals surface area contributed by atoms with E-state index in [1.165, 1.54) is 26.4 Å². The van der Waals surface area contributed by atoms with Gasteiger partial charge in [0.25, 0.3) is 0 Å². The van der Waals surface area contributed by atoms with Gasteiger partial charge in [-0.25, -0.2) is 12.8 Å². The molecule has 3 aromatic rings. The normalized spacial score (nSPS) is 13.1. The molecule has 180 valence electrons. The molecule has 0 saturated carbocycles. The second-order valence-electron chi connectivity index (χ2n) is 7.64. The fourth-order valence-corrected chi connectivity index (χ4v) is 4.74. The van der Waals surface area contributed by atoms with Gasteiger partial charge in [-0.15, -0.1) is 0 Å². The predicted molar refractivity (Wildman–Crippen MR) is 127 cm³/mol. The molecule has 0 aromatic heterocycles. The number of hydrogen-bond acceptors (Lipinski definition) is 5. The van der Waals surface area contributed by atoms with Gasteiger partial charge in [0.2, 0.25) is 15.9 Å². The van der Waals surface area contributed by atoms with Crippen molar-refractivity contribution < 1.29 is 27.1 Å². The van der Waals surface area contributed by atoms with Gasteiger partial charge < -0.3 is 14.8 Å². The highest BCUT2D eigenvalue weighted by atomic mass is 32.2. The van der Waals surface area contributed by atoms with Crippen LogP contribution in [-0.4, -0.2) is 34.6 Å². The molecule has 3 rings (SSSR count). The third-order valence-corrected chi connectivity index (χ3v) is 6.79. The average Bonchev–Trinajstić information content (AvgIpc) is 2.83. The molecule has 0 spiro atoms. The highest BCUT2D eigenvalue weighted by Crippen LogP contribution is 2.30. The highest BCUT2D eigenvalue weighted by molar-refractivity contribution is 7.89. The van der Waals surface area contributed by atoms with Crippen molar-refractivity contribution in [2.75, 3.05) is 14.2 Å². The van der Waals surface area contributed by atoms with E-state index in [2.05, 4.69) is 10.0 Å². The molecule has 0 bridgehead atoms. The summed E-state index contributed by atoms with van der Waals surface area (Å²) < 4.78 is 52.9. The molecule has 2 unspecified atom stereocenters. The van der Waals surface area contributed by atoms with E-state index in [0.717, 1.165) is 23.3 Å². The monoisotopic (exact) mass is 486 g/mol. The molecule has 0 fully saturated rings. The SMILES string of the molecule is COc1ccc(C(C)NC(=O)C(Cc2ccccc2)NS(=O)(=O)c2ccccc2F)cc1OC. The van der Waals surface area contributed by atoms with Crippen LogP contribution >= 0.6 is 0 Å². The van der Waals surface area contributed by atoms with Crippen LogP contribution in [0.25, 0.3) is 0 Å². The number of ether oxygens (including phenoxy) is 2. The second-order valence-corrected chi connectivity index (χ2v) is 9.32. The van der Waals surface area contributed by atoms with E-state index in [1.807, 2.05) is 6.07 Å². The fraction of sp³-hybridized carbons (Fsp3) is 0.240. The van der Waals surface area contributed by atoms with E-state index in [-0.39, 0.29) is 6.42 Å². The lowest BCUT2D eigenvalue weighted by Gasteiger charge is -2.22. The minimum atomic E-state index is -4.30. The number of amides is 1. The first-order chi connectivity index (χ1) is 16.2. The molecule has 2 N–H and O–H groups in total. The van der Waals surface area contributed by atoms with Crippen molar-refractivity contribution in [2.45, 2.75) is 30.3 Å². The summed E-state index contributed by atoms with van der Waals surface area (Å²) in [5.41, 5.74) is 1.49. The molecule has 34 heavy (non-hydrogen) atoms. The fourth-order valence-electron chi connectivity index (χ4n) is 3.47. The molecule has 0 aliphatic rings. The highest BCUT2D eigenvalue weighted by Gasteiger charge is 2.29. The number of nitrogens with one attached hydrogen (secondary N) is 2. The number of rotatable bonds is 10. The molecule has 3 aromatic carbocycles. The smallest absolute Gasteiger partial charge is 0.244 e. The van der Waals surface area contributed by atoms with E-state index >= 15 is 0 Å². The minimum Gasteiger partial charge on any atom is -0.493 e. The number of halogens is 1. The first-order valence-corrected chi connectivity index (χ1v) is 12.1. The van der Waals surface area contributed by atoms with Gasteiger partial charge in [0, 0.05) is 0 Å². The standard InChI is InChI=1S/C25H27FN2O5S/c1-17(19-13-14-22(32-2)23(16-19)33-3)27-25(29)21(15-18-9-5-4-6-10-18)28-34(30,31)24-12-8-7-11-20(24)26/h4-14,16-17,21,28H,15H2,1-3H3,(H,27,29). The Hall–Kier alpha value is -3.43. The summed E-state index contributed by atoms with van der Waals surface area (Å²) in [5.74, 6) is -0.398. The van der Waals surface area contributed by atoms with Crippen molar-refractivity contribution in [3.05, 3.63) is 89.7 Å². The lowest BCUT2D eigenvalue weighted by Crippen LogP contribution is -2.48. The van der Waals surface area contributed by atoms with Gasteiger partial charge in [0.05, 0.1) is 20.3 Å². The first kappa shape index (κ1) is 25.2. The number of hydrogen-bond donors (Lipinski definition) is 2. The predicted octanol–water partition coefficient (Wildman–Crippen LogP) is 3.61. The Morgan fingerprint density at radius 1 is 0.941 bits per heavy atom. The van der Waals surface area contributed by atoms with Crippen LogP contribution in [0.1, 0.15) is 24.1 Å². The summed E-state index contributed by atoms with van der Waals surface area (Å²) in [7, 11) is -1.26. The molecule has 0 heterocycles. The number of sulfonamides is 1. The Labute approximate surface area is 199 Å². The van der Waals surface area contributed by atoms with Gasteiger partial charge in [0.1, 0.15) is 16.8 Å². The van der Waals surface area contributed by atoms with E-state index in [4.69, 9.17) is 9.47 Å². The largest absolute Gasteiger partial charge is 0.493 e. The van der Waals surface area contributed by atoms with Crippen molar-refractivity contribution in [1.29, 1.82) is 0 Å². The van der Waals surface area contributed by atoms with E-state index in [1.54, 1.807) is 49.4 Å². The van der Waals surface area contributed by atoms with Gasteiger partial charge in [-0.3, -0.25) is 4.79 Å². The molecule has 2 atom stereocenters. The van der Waals surface area contributed by atoms with Crippen LogP contribution < -0.4 is 19.5 Å². The van der Waals surface area contributed by atoms with Gasteiger partial charge in [-0.05, 0) is 48.7 Å². The first-order valence-electron chi connectivity index (χ1n) is 10.6. The average molecular weight is 487 g/mol. The number of benzene rings is 3. The zero-order valence-corrected chi connectivity index (χ0v) is 19.9. The van der Waals surface area contributed by atoms with Crippen LogP contribution in [0.15, 0.2) is 77.7 Å². The Morgan fingerprint density at radius 3 is 2.24 bits per heavy atom. The molecule has 0 aliphatic heterocycles. The van der Waals surface area contributed by atoms with E-state index in [0.29, 0.717) is 11.5 Å². The minimum absolute atomic E-state index is 0.0824. The second kappa shape index (κ2) is 11.1. The molecular weight excluding hydrogens is 459 g/mol. The summed E-state index contributed by atoms with van der Waals surface area (Å²) in [6, 6.07) is 17.6. The third kappa shape index (κ3) is 6.12. The number of methoxy groups -OCH3 is 2. The van der Waals surface area contributed by atoms with Crippen LogP contribution in [0.4, 0.5) is 4.39 Å². The quantitative estimate of drug-likeness (QED) is 0.457. The zero-order valence-electron chi connectivity index (χ0n) is 19.1. The molecule has 0 radical (unpaired) electrons. The Bertz CT molecular complexity index is 1240. The molecular formula is C25H27FN2O5S. The van der Waals surface area contributed by atoms with Crippen LogP contribution in [0.3, 0.4) is 0 Å². The van der Waals surface area contributed by atoms with Crippen molar-refractivity contribution in [2.24, 2.45) is 0 Å². The van der Waals surface area contributed by atoms with Gasteiger partial charge in [-0.2, -0.15) is 4.72 Å². The summed E-state index contributed by atoms with van der Waals surface area (Å²) in [6.07, 6.45) is 0.0824. The Balaban J connectivity index is 1.85. The van der Waals surface area contributed by atoms with Crippen LogP contribution in [0.2, 0.25) is 0 Å². The Kier molecular flexibility index (Phi) is 8.25. The number of carbonyl (C=O) groups is 1. The van der Waals surface area contributed by atoms with Crippen LogP contribution in [-0.2, 0) is 21.2 Å².